The molecule has 0 aliphatic carbocycles. The maximum Gasteiger partial charge on any atom is 0.452 e. The van der Waals surface area contributed by atoms with Crippen molar-refractivity contribution in [1.29, 1.82) is 0 Å². The standard InChI is InChI=1S/C10H7F3O2/c11-10(12,13)9(14)8-7(15-8)6-4-2-1-3-5-6/h1-5,7-8H. The topological polar surface area (TPSA) is 29.6 Å². The highest BCUT2D eigenvalue weighted by atomic mass is 19.4. The molecule has 5 heteroatoms. The molecule has 2 rings (SSSR count). The summed E-state index contributed by atoms with van der Waals surface area (Å²) in [5, 5.41) is 0. The molecule has 2 nitrogen and oxygen atoms in total. The molecule has 80 valence electrons. The third-order valence-corrected chi connectivity index (χ3v) is 2.16. The first-order chi connectivity index (χ1) is 7.00. The lowest BCUT2D eigenvalue weighted by atomic mass is 10.1. The monoisotopic (exact) mass is 216 g/mol. The Morgan fingerprint density at radius 1 is 1.20 bits per heavy atom. The second-order valence-corrected chi connectivity index (χ2v) is 3.25. The van der Waals surface area contributed by atoms with Crippen LogP contribution >= 0.6 is 0 Å². The number of alkyl halides is 3. The number of epoxide rings is 1. The van der Waals surface area contributed by atoms with Gasteiger partial charge in [0.1, 0.15) is 6.10 Å². The van der Waals surface area contributed by atoms with E-state index < -0.39 is 24.2 Å². The van der Waals surface area contributed by atoms with E-state index in [0.717, 1.165) is 0 Å². The quantitative estimate of drug-likeness (QED) is 0.709. The van der Waals surface area contributed by atoms with Crippen LogP contribution in [0.2, 0.25) is 0 Å². The summed E-state index contributed by atoms with van der Waals surface area (Å²) in [5.74, 6) is -1.81. The van der Waals surface area contributed by atoms with Gasteiger partial charge in [-0.1, -0.05) is 30.3 Å². The van der Waals surface area contributed by atoms with Gasteiger partial charge in [-0.3, -0.25) is 4.79 Å². The van der Waals surface area contributed by atoms with Crippen LogP contribution in [0.15, 0.2) is 30.3 Å². The predicted octanol–water partition coefficient (Wildman–Crippen LogP) is 2.26. The third kappa shape index (κ3) is 2.02. The van der Waals surface area contributed by atoms with Crippen LogP contribution in [-0.4, -0.2) is 18.1 Å². The molecule has 1 heterocycles. The molecule has 0 amide bonds. The third-order valence-electron chi connectivity index (χ3n) is 2.16. The van der Waals surface area contributed by atoms with Crippen molar-refractivity contribution in [3.63, 3.8) is 0 Å². The highest BCUT2D eigenvalue weighted by Crippen LogP contribution is 2.42. The van der Waals surface area contributed by atoms with E-state index in [1.165, 1.54) is 0 Å². The summed E-state index contributed by atoms with van der Waals surface area (Å²) < 4.78 is 40.7. The summed E-state index contributed by atoms with van der Waals surface area (Å²) in [5.41, 5.74) is 0.597. The van der Waals surface area contributed by atoms with Crippen molar-refractivity contribution in [2.24, 2.45) is 0 Å². The van der Waals surface area contributed by atoms with Crippen LogP contribution in [0.5, 0.6) is 0 Å². The van der Waals surface area contributed by atoms with Gasteiger partial charge in [0.25, 0.3) is 5.78 Å². The minimum atomic E-state index is -4.81. The number of carbonyl (C=O) groups excluding carboxylic acids is 1. The Morgan fingerprint density at radius 3 is 2.33 bits per heavy atom. The molecular weight excluding hydrogens is 209 g/mol. The van der Waals surface area contributed by atoms with E-state index >= 15 is 0 Å². The Morgan fingerprint density at radius 2 is 1.80 bits per heavy atom. The molecule has 0 aromatic heterocycles. The minimum absolute atomic E-state index is 0.597. The Bertz CT molecular complexity index is 372. The van der Waals surface area contributed by atoms with Gasteiger partial charge >= 0.3 is 6.18 Å². The fourth-order valence-electron chi connectivity index (χ4n) is 1.37. The summed E-state index contributed by atoms with van der Waals surface area (Å²) in [4.78, 5) is 10.8. The Labute approximate surface area is 83.7 Å². The fraction of sp³-hybridized carbons (Fsp3) is 0.300. The van der Waals surface area contributed by atoms with Gasteiger partial charge in [-0.2, -0.15) is 13.2 Å². The van der Waals surface area contributed by atoms with Gasteiger partial charge in [0.05, 0.1) is 0 Å². The SMILES string of the molecule is O=C(C1OC1c1ccccc1)C(F)(F)F. The average molecular weight is 216 g/mol. The average Bonchev–Trinajstić information content (AvgIpc) is 2.96. The van der Waals surface area contributed by atoms with Crippen molar-refractivity contribution in [2.75, 3.05) is 0 Å². The Kier molecular flexibility index (Phi) is 2.26. The number of hydrogen-bond acceptors (Lipinski definition) is 2. The van der Waals surface area contributed by atoms with Crippen LogP contribution in [0, 0.1) is 0 Å². The second kappa shape index (κ2) is 3.34. The Hall–Kier alpha value is -1.36. The number of halogens is 3. The van der Waals surface area contributed by atoms with Gasteiger partial charge in [0.2, 0.25) is 0 Å². The maximum absolute atomic E-state index is 12.0. The summed E-state index contributed by atoms with van der Waals surface area (Å²) in [6, 6.07) is 8.38. The van der Waals surface area contributed by atoms with Gasteiger partial charge in [0, 0.05) is 0 Å². The zero-order valence-corrected chi connectivity index (χ0v) is 7.49. The largest absolute Gasteiger partial charge is 0.452 e. The molecule has 1 saturated heterocycles. The molecule has 0 spiro atoms. The molecule has 15 heavy (non-hydrogen) atoms. The molecule has 0 radical (unpaired) electrons. The fourth-order valence-corrected chi connectivity index (χ4v) is 1.37. The van der Waals surface area contributed by atoms with Crippen molar-refractivity contribution in [2.45, 2.75) is 18.4 Å². The van der Waals surface area contributed by atoms with Crippen molar-refractivity contribution >= 4 is 5.78 Å². The Balaban J connectivity index is 2.06. The van der Waals surface area contributed by atoms with Crippen molar-refractivity contribution in [3.8, 4) is 0 Å². The van der Waals surface area contributed by atoms with Crippen molar-refractivity contribution in [3.05, 3.63) is 35.9 Å². The van der Waals surface area contributed by atoms with Crippen LogP contribution in [0.25, 0.3) is 0 Å². The van der Waals surface area contributed by atoms with Gasteiger partial charge in [-0.25, -0.2) is 0 Å². The van der Waals surface area contributed by atoms with Crippen molar-refractivity contribution in [1.82, 2.24) is 0 Å². The van der Waals surface area contributed by atoms with Crippen LogP contribution in [0.1, 0.15) is 11.7 Å². The zero-order valence-electron chi connectivity index (χ0n) is 7.49. The molecule has 2 atom stereocenters. The molecule has 1 aromatic rings. The first-order valence-corrected chi connectivity index (χ1v) is 4.31. The van der Waals surface area contributed by atoms with Gasteiger partial charge in [-0.15, -0.1) is 0 Å². The van der Waals surface area contributed by atoms with E-state index in [9.17, 15) is 18.0 Å². The molecule has 1 aliphatic rings. The number of carbonyl (C=O) groups is 1. The number of benzene rings is 1. The lowest BCUT2D eigenvalue weighted by molar-refractivity contribution is -0.172. The molecular formula is C10H7F3O2. The molecule has 1 aromatic carbocycles. The van der Waals surface area contributed by atoms with E-state index in [1.807, 2.05) is 0 Å². The predicted molar refractivity (Wildman–Crippen MR) is 45.1 cm³/mol. The van der Waals surface area contributed by atoms with E-state index in [0.29, 0.717) is 5.56 Å². The van der Waals surface area contributed by atoms with Crippen LogP contribution in [-0.2, 0) is 9.53 Å². The normalized spacial score (nSPS) is 25.0. The second-order valence-electron chi connectivity index (χ2n) is 3.25. The molecule has 1 fully saturated rings. The van der Waals surface area contributed by atoms with Gasteiger partial charge in [-0.05, 0) is 5.56 Å². The van der Waals surface area contributed by atoms with E-state index in [-0.39, 0.29) is 0 Å². The summed E-state index contributed by atoms with van der Waals surface area (Å²) in [6.45, 7) is 0. The smallest absolute Gasteiger partial charge is 0.356 e. The van der Waals surface area contributed by atoms with Gasteiger partial charge in [0.15, 0.2) is 6.10 Å². The van der Waals surface area contributed by atoms with Crippen LogP contribution in [0.4, 0.5) is 13.2 Å². The first kappa shape index (κ1) is 10.2. The van der Waals surface area contributed by atoms with Crippen LogP contribution in [0.3, 0.4) is 0 Å². The lowest BCUT2D eigenvalue weighted by Gasteiger charge is -2.00. The zero-order chi connectivity index (χ0) is 11.1. The summed E-state index contributed by atoms with van der Waals surface area (Å²) >= 11 is 0. The number of ether oxygens (including phenoxy) is 1. The number of hydrogen-bond donors (Lipinski definition) is 0. The number of Topliss-reactive ketones (excluding diaryl/α,β-unsaturated/α-hetero) is 1. The van der Waals surface area contributed by atoms with E-state index in [1.54, 1.807) is 30.3 Å². The maximum atomic E-state index is 12.0. The number of rotatable bonds is 2. The first-order valence-electron chi connectivity index (χ1n) is 4.31. The lowest BCUT2D eigenvalue weighted by Crippen LogP contribution is -2.27. The highest BCUT2D eigenvalue weighted by molar-refractivity contribution is 5.90. The molecule has 0 saturated carbocycles. The molecule has 0 N–H and O–H groups in total. The summed E-state index contributed by atoms with van der Waals surface area (Å²) in [6.07, 6.45) is -6.90. The van der Waals surface area contributed by atoms with E-state index in [2.05, 4.69) is 0 Å². The minimum Gasteiger partial charge on any atom is -0.356 e. The van der Waals surface area contributed by atoms with Crippen LogP contribution < -0.4 is 0 Å². The molecule has 0 bridgehead atoms. The van der Waals surface area contributed by atoms with Gasteiger partial charge < -0.3 is 4.74 Å². The van der Waals surface area contributed by atoms with E-state index in [4.69, 9.17) is 4.74 Å². The van der Waals surface area contributed by atoms with Crippen molar-refractivity contribution < 1.29 is 22.7 Å². The number of ketones is 1. The highest BCUT2D eigenvalue weighted by Gasteiger charge is 2.56. The molecule has 1 aliphatic heterocycles. The molecule has 2 unspecified atom stereocenters. The summed E-state index contributed by atoms with van der Waals surface area (Å²) in [7, 11) is 0.